The van der Waals surface area contributed by atoms with Crippen LogP contribution in [-0.2, 0) is 6.54 Å². The highest BCUT2D eigenvalue weighted by Crippen LogP contribution is 2.25. The van der Waals surface area contributed by atoms with E-state index in [4.69, 9.17) is 10.5 Å². The standard InChI is InChI=1S/C12H19FN2O/c1-15(2)8-10-6-9(11(13)7-14)4-5-12(10)16-3/h4-6,11H,7-8,14H2,1-3H3. The fourth-order valence-electron chi connectivity index (χ4n) is 1.59. The third kappa shape index (κ3) is 3.18. The third-order valence-corrected chi connectivity index (χ3v) is 2.36. The first kappa shape index (κ1) is 12.9. The molecule has 0 fully saturated rings. The van der Waals surface area contributed by atoms with Crippen molar-refractivity contribution in [2.45, 2.75) is 12.7 Å². The molecule has 1 unspecified atom stereocenters. The second-order valence-electron chi connectivity index (χ2n) is 4.01. The molecule has 0 amide bonds. The normalized spacial score (nSPS) is 12.9. The van der Waals surface area contributed by atoms with Crippen LogP contribution in [0, 0.1) is 0 Å². The lowest BCUT2D eigenvalue weighted by atomic mass is 10.1. The van der Waals surface area contributed by atoms with Gasteiger partial charge in [0.2, 0.25) is 0 Å². The molecule has 1 rings (SSSR count). The Kier molecular flexibility index (Phi) is 4.71. The zero-order valence-electron chi connectivity index (χ0n) is 10.0. The number of benzene rings is 1. The SMILES string of the molecule is COc1ccc(C(F)CN)cc1CN(C)C. The molecule has 3 nitrogen and oxygen atoms in total. The smallest absolute Gasteiger partial charge is 0.137 e. The highest BCUT2D eigenvalue weighted by Gasteiger charge is 2.11. The van der Waals surface area contributed by atoms with E-state index in [1.807, 2.05) is 25.1 Å². The highest BCUT2D eigenvalue weighted by atomic mass is 19.1. The van der Waals surface area contributed by atoms with Crippen molar-refractivity contribution in [3.05, 3.63) is 29.3 Å². The number of ether oxygens (including phenoxy) is 1. The molecule has 0 saturated heterocycles. The van der Waals surface area contributed by atoms with Crippen molar-refractivity contribution in [3.63, 3.8) is 0 Å². The lowest BCUT2D eigenvalue weighted by Crippen LogP contribution is -2.13. The summed E-state index contributed by atoms with van der Waals surface area (Å²) in [6, 6.07) is 5.32. The zero-order valence-corrected chi connectivity index (χ0v) is 10.0. The summed E-state index contributed by atoms with van der Waals surface area (Å²) in [5.41, 5.74) is 6.89. The number of halogens is 1. The number of nitrogens with two attached hydrogens (primary N) is 1. The average Bonchev–Trinajstić information content (AvgIpc) is 2.27. The molecule has 0 bridgehead atoms. The summed E-state index contributed by atoms with van der Waals surface area (Å²) in [5.74, 6) is 0.779. The molecule has 0 aliphatic carbocycles. The van der Waals surface area contributed by atoms with Crippen molar-refractivity contribution in [2.24, 2.45) is 5.73 Å². The average molecular weight is 226 g/mol. The first-order valence-electron chi connectivity index (χ1n) is 5.24. The fraction of sp³-hybridized carbons (Fsp3) is 0.500. The summed E-state index contributed by atoms with van der Waals surface area (Å²) < 4.78 is 18.7. The minimum atomic E-state index is -1.10. The van der Waals surface area contributed by atoms with Gasteiger partial charge in [-0.2, -0.15) is 0 Å². The van der Waals surface area contributed by atoms with Gasteiger partial charge >= 0.3 is 0 Å². The summed E-state index contributed by atoms with van der Waals surface area (Å²) in [6.45, 7) is 0.724. The summed E-state index contributed by atoms with van der Waals surface area (Å²) in [4.78, 5) is 2.01. The van der Waals surface area contributed by atoms with Gasteiger partial charge in [0.05, 0.1) is 7.11 Å². The van der Waals surface area contributed by atoms with Crippen LogP contribution >= 0.6 is 0 Å². The van der Waals surface area contributed by atoms with E-state index in [2.05, 4.69) is 0 Å². The number of alkyl halides is 1. The Morgan fingerprint density at radius 1 is 1.44 bits per heavy atom. The molecule has 0 aliphatic rings. The molecule has 4 heteroatoms. The first-order valence-corrected chi connectivity index (χ1v) is 5.24. The van der Waals surface area contributed by atoms with Crippen molar-refractivity contribution >= 4 is 0 Å². The summed E-state index contributed by atoms with van der Waals surface area (Å²) >= 11 is 0. The van der Waals surface area contributed by atoms with Crippen molar-refractivity contribution in [2.75, 3.05) is 27.7 Å². The van der Waals surface area contributed by atoms with Crippen LogP contribution in [0.25, 0.3) is 0 Å². The van der Waals surface area contributed by atoms with Crippen LogP contribution in [0.1, 0.15) is 17.3 Å². The molecule has 0 aliphatic heterocycles. The van der Waals surface area contributed by atoms with E-state index >= 15 is 0 Å². The van der Waals surface area contributed by atoms with E-state index in [1.165, 1.54) is 0 Å². The molecule has 0 heterocycles. The number of nitrogens with zero attached hydrogens (tertiary/aromatic N) is 1. The maximum Gasteiger partial charge on any atom is 0.137 e. The van der Waals surface area contributed by atoms with E-state index in [9.17, 15) is 4.39 Å². The Hall–Kier alpha value is -1.13. The molecule has 0 spiro atoms. The lowest BCUT2D eigenvalue weighted by molar-refractivity contribution is 0.348. The molecule has 1 atom stereocenters. The van der Waals surface area contributed by atoms with Gasteiger partial charge in [0.1, 0.15) is 11.9 Å². The molecule has 0 saturated carbocycles. The molecule has 16 heavy (non-hydrogen) atoms. The minimum absolute atomic E-state index is 0.00767. The maximum absolute atomic E-state index is 13.4. The zero-order chi connectivity index (χ0) is 12.1. The predicted octanol–water partition coefficient (Wildman–Crippen LogP) is 1.73. The molecule has 2 N–H and O–H groups in total. The monoisotopic (exact) mass is 226 g/mol. The molecule has 0 radical (unpaired) electrons. The highest BCUT2D eigenvalue weighted by molar-refractivity contribution is 5.38. The minimum Gasteiger partial charge on any atom is -0.496 e. The number of hydrogen-bond donors (Lipinski definition) is 1. The van der Waals surface area contributed by atoms with Crippen LogP contribution < -0.4 is 10.5 Å². The van der Waals surface area contributed by atoms with Crippen LogP contribution in [-0.4, -0.2) is 32.6 Å². The van der Waals surface area contributed by atoms with Gasteiger partial charge in [-0.15, -0.1) is 0 Å². The molecule has 0 aromatic heterocycles. The van der Waals surface area contributed by atoms with Gasteiger partial charge < -0.3 is 15.4 Å². The Bertz CT molecular complexity index is 342. The van der Waals surface area contributed by atoms with Gasteiger partial charge in [0.25, 0.3) is 0 Å². The Labute approximate surface area is 96.0 Å². The molecular formula is C12H19FN2O. The van der Waals surface area contributed by atoms with Crippen molar-refractivity contribution in [1.82, 2.24) is 4.90 Å². The second-order valence-corrected chi connectivity index (χ2v) is 4.01. The van der Waals surface area contributed by atoms with Crippen LogP contribution in [0.15, 0.2) is 18.2 Å². The second kappa shape index (κ2) is 5.82. The van der Waals surface area contributed by atoms with Gasteiger partial charge in [0.15, 0.2) is 0 Å². The van der Waals surface area contributed by atoms with Gasteiger partial charge in [-0.25, -0.2) is 4.39 Å². The Morgan fingerprint density at radius 3 is 2.62 bits per heavy atom. The van der Waals surface area contributed by atoms with Gasteiger partial charge in [-0.05, 0) is 31.8 Å². The van der Waals surface area contributed by atoms with Crippen LogP contribution in [0.2, 0.25) is 0 Å². The van der Waals surface area contributed by atoms with Crippen molar-refractivity contribution in [3.8, 4) is 5.75 Å². The van der Waals surface area contributed by atoms with Crippen molar-refractivity contribution in [1.29, 1.82) is 0 Å². The largest absolute Gasteiger partial charge is 0.496 e. The molecule has 1 aromatic rings. The van der Waals surface area contributed by atoms with Crippen molar-refractivity contribution < 1.29 is 9.13 Å². The van der Waals surface area contributed by atoms with E-state index in [0.29, 0.717) is 12.1 Å². The number of methoxy groups -OCH3 is 1. The van der Waals surface area contributed by atoms with Crippen LogP contribution in [0.5, 0.6) is 5.75 Å². The number of rotatable bonds is 5. The Balaban J connectivity index is 3.00. The van der Waals surface area contributed by atoms with Gasteiger partial charge in [0, 0.05) is 18.7 Å². The molecule has 90 valence electrons. The summed E-state index contributed by atoms with van der Waals surface area (Å²) in [6.07, 6.45) is -1.10. The maximum atomic E-state index is 13.4. The number of hydrogen-bond acceptors (Lipinski definition) is 3. The summed E-state index contributed by atoms with van der Waals surface area (Å²) in [5, 5.41) is 0. The molecular weight excluding hydrogens is 207 g/mol. The predicted molar refractivity (Wildman–Crippen MR) is 63.3 cm³/mol. The van der Waals surface area contributed by atoms with E-state index in [-0.39, 0.29) is 6.54 Å². The Morgan fingerprint density at radius 2 is 2.12 bits per heavy atom. The topological polar surface area (TPSA) is 38.5 Å². The third-order valence-electron chi connectivity index (χ3n) is 2.36. The quantitative estimate of drug-likeness (QED) is 0.831. The fourth-order valence-corrected chi connectivity index (χ4v) is 1.59. The lowest BCUT2D eigenvalue weighted by Gasteiger charge is -2.15. The first-order chi connectivity index (χ1) is 7.58. The van der Waals surface area contributed by atoms with E-state index < -0.39 is 6.17 Å². The molecule has 1 aromatic carbocycles. The van der Waals surface area contributed by atoms with Crippen LogP contribution in [0.4, 0.5) is 4.39 Å². The summed E-state index contributed by atoms with van der Waals surface area (Å²) in [7, 11) is 5.54. The van der Waals surface area contributed by atoms with Crippen LogP contribution in [0.3, 0.4) is 0 Å². The van der Waals surface area contributed by atoms with E-state index in [0.717, 1.165) is 11.3 Å². The van der Waals surface area contributed by atoms with Gasteiger partial charge in [-0.1, -0.05) is 6.07 Å². The van der Waals surface area contributed by atoms with E-state index in [1.54, 1.807) is 19.2 Å². The van der Waals surface area contributed by atoms with Gasteiger partial charge in [-0.3, -0.25) is 0 Å².